The van der Waals surface area contributed by atoms with Crippen molar-refractivity contribution in [3.8, 4) is 17.1 Å². The first-order chi connectivity index (χ1) is 8.22. The van der Waals surface area contributed by atoms with E-state index < -0.39 is 0 Å². The fourth-order valence-corrected chi connectivity index (χ4v) is 1.87. The van der Waals surface area contributed by atoms with E-state index in [0.29, 0.717) is 5.82 Å². The molecule has 2 aromatic carbocycles. The fourth-order valence-electron chi connectivity index (χ4n) is 1.73. The zero-order valence-corrected chi connectivity index (χ0v) is 9.49. The molecule has 0 bridgehead atoms. The van der Waals surface area contributed by atoms with Crippen LogP contribution in [0.2, 0.25) is 0 Å². The topological polar surface area (TPSA) is 62.1 Å². The van der Waals surface area contributed by atoms with Crippen molar-refractivity contribution in [3.63, 3.8) is 0 Å². The van der Waals surface area contributed by atoms with Gasteiger partial charge in [0.25, 0.3) is 0 Å². The Hall–Kier alpha value is -2.14. The summed E-state index contributed by atoms with van der Waals surface area (Å²) in [7, 11) is 0. The monoisotopic (exact) mass is 244 g/mol. The number of nitrogens with zero attached hydrogens (tertiary/aromatic N) is 1. The molecule has 0 atom stereocenters. The molecule has 0 radical (unpaired) electrons. The van der Waals surface area contributed by atoms with E-state index in [4.69, 9.17) is 16.7 Å². The third-order valence-corrected chi connectivity index (χ3v) is 2.71. The van der Waals surface area contributed by atoms with Crippen LogP contribution >= 0.6 is 12.2 Å². The van der Waals surface area contributed by atoms with Crippen LogP contribution < -0.4 is 0 Å². The Kier molecular flexibility index (Phi) is 2.19. The predicted molar refractivity (Wildman–Crippen MR) is 66.3 cm³/mol. The van der Waals surface area contributed by atoms with Crippen LogP contribution in [0.5, 0.6) is 5.75 Å². The molecule has 3 aromatic rings. The van der Waals surface area contributed by atoms with Crippen molar-refractivity contribution in [3.05, 3.63) is 41.2 Å². The van der Waals surface area contributed by atoms with Crippen molar-refractivity contribution in [1.82, 2.24) is 10.1 Å². The number of aromatic hydroxyl groups is 1. The Balaban J connectivity index is 2.20. The average molecular weight is 244 g/mol. The number of nitrogens with one attached hydrogen (secondary N) is 1. The van der Waals surface area contributed by atoms with Crippen molar-refractivity contribution in [1.29, 1.82) is 0 Å². The van der Waals surface area contributed by atoms with Crippen LogP contribution in [-0.2, 0) is 0 Å². The number of rotatable bonds is 1. The SMILES string of the molecule is Oc1ccc2cc(-c3nc(=S)o[nH]3)ccc2c1. The minimum Gasteiger partial charge on any atom is -0.508 e. The number of fused-ring (bicyclic) bond motifs is 1. The number of H-pyrrole nitrogens is 1. The molecule has 1 heterocycles. The second-order valence-electron chi connectivity index (χ2n) is 3.68. The summed E-state index contributed by atoms with van der Waals surface area (Å²) in [5.41, 5.74) is 0.892. The lowest BCUT2D eigenvalue weighted by Gasteiger charge is -2.01. The third kappa shape index (κ3) is 1.81. The molecule has 0 saturated carbocycles. The van der Waals surface area contributed by atoms with E-state index >= 15 is 0 Å². The third-order valence-electron chi connectivity index (χ3n) is 2.54. The first-order valence-corrected chi connectivity index (χ1v) is 5.42. The summed E-state index contributed by atoms with van der Waals surface area (Å²) in [4.78, 5) is 4.23. The van der Waals surface area contributed by atoms with Crippen molar-refractivity contribution in [2.45, 2.75) is 0 Å². The van der Waals surface area contributed by atoms with E-state index in [1.807, 2.05) is 24.3 Å². The Bertz CT molecular complexity index is 745. The molecular weight excluding hydrogens is 236 g/mol. The summed E-state index contributed by atoms with van der Waals surface area (Å²) < 4.78 is 4.89. The Morgan fingerprint density at radius 1 is 1.12 bits per heavy atom. The van der Waals surface area contributed by atoms with Gasteiger partial charge in [-0.05, 0) is 41.2 Å². The Morgan fingerprint density at radius 2 is 1.88 bits per heavy atom. The molecule has 0 spiro atoms. The lowest BCUT2D eigenvalue weighted by Crippen LogP contribution is -1.81. The standard InChI is InChI=1S/C12H8N2O2S/c15-10-4-3-7-5-9(2-1-8(7)6-10)11-13-12(17)16-14-11/h1-6,15H,(H,13,14,17). The van der Waals surface area contributed by atoms with Gasteiger partial charge in [0, 0.05) is 5.56 Å². The summed E-state index contributed by atoms with van der Waals surface area (Å²) in [6.07, 6.45) is 0. The number of phenols is 1. The van der Waals surface area contributed by atoms with Gasteiger partial charge >= 0.3 is 4.84 Å². The van der Waals surface area contributed by atoms with E-state index in [1.165, 1.54) is 0 Å². The molecule has 0 aliphatic heterocycles. The molecular formula is C12H8N2O2S. The van der Waals surface area contributed by atoms with E-state index in [0.717, 1.165) is 16.3 Å². The summed E-state index contributed by atoms with van der Waals surface area (Å²) in [5, 5.41) is 14.0. The molecule has 3 rings (SSSR count). The highest BCUT2D eigenvalue weighted by Gasteiger charge is 2.04. The predicted octanol–water partition coefficient (Wildman–Crippen LogP) is 3.26. The van der Waals surface area contributed by atoms with Crippen LogP contribution in [0.15, 0.2) is 40.9 Å². The summed E-state index contributed by atoms with van der Waals surface area (Å²) in [5.74, 6) is 0.857. The number of hydrogen-bond donors (Lipinski definition) is 2. The molecule has 0 fully saturated rings. The molecule has 0 saturated heterocycles. The zero-order chi connectivity index (χ0) is 11.8. The van der Waals surface area contributed by atoms with Gasteiger partial charge in [0.2, 0.25) is 0 Å². The molecule has 1 aromatic heterocycles. The van der Waals surface area contributed by atoms with E-state index in [-0.39, 0.29) is 10.6 Å². The van der Waals surface area contributed by atoms with Crippen LogP contribution in [0.4, 0.5) is 0 Å². The van der Waals surface area contributed by atoms with Gasteiger partial charge in [-0.2, -0.15) is 4.98 Å². The molecule has 4 nitrogen and oxygen atoms in total. The lowest BCUT2D eigenvalue weighted by molar-refractivity contribution is 0.406. The van der Waals surface area contributed by atoms with Crippen molar-refractivity contribution >= 4 is 23.0 Å². The molecule has 0 aliphatic carbocycles. The van der Waals surface area contributed by atoms with E-state index in [2.05, 4.69) is 10.1 Å². The molecule has 0 aliphatic rings. The second kappa shape index (κ2) is 3.71. The normalized spacial score (nSPS) is 10.8. The fraction of sp³-hybridized carbons (Fsp3) is 0. The van der Waals surface area contributed by atoms with Crippen molar-refractivity contribution < 1.29 is 9.63 Å². The molecule has 0 unspecified atom stereocenters. The zero-order valence-electron chi connectivity index (χ0n) is 8.68. The highest BCUT2D eigenvalue weighted by Crippen LogP contribution is 2.24. The van der Waals surface area contributed by atoms with Crippen molar-refractivity contribution in [2.24, 2.45) is 0 Å². The average Bonchev–Trinajstić information content (AvgIpc) is 2.75. The number of aromatic amines is 1. The van der Waals surface area contributed by atoms with E-state index in [1.54, 1.807) is 12.1 Å². The minimum absolute atomic E-state index is 0.186. The van der Waals surface area contributed by atoms with Crippen LogP contribution in [0, 0.1) is 4.84 Å². The number of aromatic nitrogens is 2. The van der Waals surface area contributed by atoms with Gasteiger partial charge in [0.15, 0.2) is 5.82 Å². The van der Waals surface area contributed by atoms with Gasteiger partial charge in [-0.15, -0.1) is 0 Å². The molecule has 5 heteroatoms. The summed E-state index contributed by atoms with van der Waals surface area (Å²) in [6.45, 7) is 0. The quantitative estimate of drug-likeness (QED) is 0.645. The van der Waals surface area contributed by atoms with Gasteiger partial charge in [0.05, 0.1) is 0 Å². The first-order valence-electron chi connectivity index (χ1n) is 5.01. The highest BCUT2D eigenvalue weighted by molar-refractivity contribution is 7.71. The van der Waals surface area contributed by atoms with Gasteiger partial charge in [-0.1, -0.05) is 18.2 Å². The number of hydrogen-bond acceptors (Lipinski definition) is 4. The van der Waals surface area contributed by atoms with Crippen LogP contribution in [-0.4, -0.2) is 15.2 Å². The van der Waals surface area contributed by atoms with Gasteiger partial charge in [0.1, 0.15) is 5.75 Å². The van der Waals surface area contributed by atoms with Gasteiger partial charge < -0.3 is 9.63 Å². The maximum Gasteiger partial charge on any atom is 0.314 e. The van der Waals surface area contributed by atoms with Crippen molar-refractivity contribution in [2.75, 3.05) is 0 Å². The van der Waals surface area contributed by atoms with Gasteiger partial charge in [-0.3, -0.25) is 0 Å². The highest BCUT2D eigenvalue weighted by atomic mass is 32.1. The molecule has 17 heavy (non-hydrogen) atoms. The molecule has 2 N–H and O–H groups in total. The maximum atomic E-state index is 9.37. The molecule has 0 amide bonds. The summed E-state index contributed by atoms with van der Waals surface area (Å²) >= 11 is 4.80. The summed E-state index contributed by atoms with van der Waals surface area (Å²) in [6, 6.07) is 11.0. The minimum atomic E-state index is 0.186. The number of phenolic OH excluding ortho intramolecular Hbond substituents is 1. The molecule has 84 valence electrons. The van der Waals surface area contributed by atoms with Crippen LogP contribution in [0.1, 0.15) is 0 Å². The lowest BCUT2D eigenvalue weighted by atomic mass is 10.1. The smallest absolute Gasteiger partial charge is 0.314 e. The largest absolute Gasteiger partial charge is 0.508 e. The first kappa shape index (κ1) is 10.0. The van der Waals surface area contributed by atoms with Crippen LogP contribution in [0.3, 0.4) is 0 Å². The Labute approximate surface area is 102 Å². The van der Waals surface area contributed by atoms with E-state index in [9.17, 15) is 5.11 Å². The maximum absolute atomic E-state index is 9.37. The second-order valence-corrected chi connectivity index (χ2v) is 4.03. The Morgan fingerprint density at radius 3 is 2.65 bits per heavy atom. The number of benzene rings is 2. The van der Waals surface area contributed by atoms with Gasteiger partial charge in [-0.25, -0.2) is 5.16 Å². The van der Waals surface area contributed by atoms with Crippen LogP contribution in [0.25, 0.3) is 22.2 Å².